The summed E-state index contributed by atoms with van der Waals surface area (Å²) in [5, 5.41) is 3.37. The number of nitrogens with one attached hydrogen (secondary N) is 1. The van der Waals surface area contributed by atoms with E-state index in [1.165, 1.54) is 18.5 Å². The summed E-state index contributed by atoms with van der Waals surface area (Å²) in [6.07, 6.45) is 6.23. The average Bonchev–Trinajstić information content (AvgIpc) is 2.46. The van der Waals surface area contributed by atoms with Crippen molar-refractivity contribution in [3.8, 4) is 0 Å². The van der Waals surface area contributed by atoms with Gasteiger partial charge in [-0.3, -0.25) is 0 Å². The lowest BCUT2D eigenvalue weighted by molar-refractivity contribution is 0.619. The molecule has 0 saturated carbocycles. The molecule has 3 heteroatoms. The van der Waals surface area contributed by atoms with Gasteiger partial charge in [0, 0.05) is 19.8 Å². The van der Waals surface area contributed by atoms with Crippen LogP contribution in [0, 0.1) is 0 Å². The third-order valence-electron chi connectivity index (χ3n) is 1.93. The molecule has 0 aliphatic rings. The first-order chi connectivity index (χ1) is 5.84. The third kappa shape index (κ3) is 2.66. The Kier molecular flexibility index (Phi) is 3.80. The minimum absolute atomic E-state index is 0.927. The summed E-state index contributed by atoms with van der Waals surface area (Å²) in [5.74, 6) is 0. The number of imidazole rings is 1. The van der Waals surface area contributed by atoms with Gasteiger partial charge in [0.15, 0.2) is 0 Å². The van der Waals surface area contributed by atoms with Crippen LogP contribution in [0.25, 0.3) is 0 Å². The molecule has 0 radical (unpaired) electrons. The molecule has 12 heavy (non-hydrogen) atoms. The molecule has 0 aliphatic heterocycles. The van der Waals surface area contributed by atoms with Crippen LogP contribution in [0.15, 0.2) is 12.5 Å². The largest absolute Gasteiger partial charge is 0.337 e. The predicted molar refractivity (Wildman–Crippen MR) is 49.8 cm³/mol. The Hall–Kier alpha value is -0.830. The van der Waals surface area contributed by atoms with Crippen LogP contribution in [0.1, 0.15) is 25.5 Å². The predicted octanol–water partition coefficient (Wildman–Crippen LogP) is 1.31. The number of rotatable bonds is 5. The Morgan fingerprint density at radius 2 is 2.42 bits per heavy atom. The van der Waals surface area contributed by atoms with Gasteiger partial charge < -0.3 is 9.88 Å². The summed E-state index contributed by atoms with van der Waals surface area (Å²) in [4.78, 5) is 4.04. The fraction of sp³-hybridized carbons (Fsp3) is 0.667. The molecule has 0 aromatic carbocycles. The highest BCUT2D eigenvalue weighted by Crippen LogP contribution is 1.94. The Morgan fingerprint density at radius 1 is 1.58 bits per heavy atom. The quantitative estimate of drug-likeness (QED) is 0.670. The summed E-state index contributed by atoms with van der Waals surface area (Å²) in [7, 11) is 2.02. The average molecular weight is 167 g/mol. The van der Waals surface area contributed by atoms with Crippen molar-refractivity contribution in [2.75, 3.05) is 6.54 Å². The van der Waals surface area contributed by atoms with Gasteiger partial charge >= 0.3 is 0 Å². The van der Waals surface area contributed by atoms with Gasteiger partial charge in [-0.05, 0) is 13.0 Å². The molecule has 0 unspecified atom stereocenters. The van der Waals surface area contributed by atoms with Gasteiger partial charge in [-0.2, -0.15) is 0 Å². The maximum atomic E-state index is 4.04. The molecule has 1 aromatic rings. The highest BCUT2D eigenvalue weighted by atomic mass is 15.0. The van der Waals surface area contributed by atoms with Gasteiger partial charge in [0.25, 0.3) is 0 Å². The highest BCUT2D eigenvalue weighted by Gasteiger charge is 1.95. The Morgan fingerprint density at radius 3 is 3.00 bits per heavy atom. The molecular formula is C9H17N3. The third-order valence-corrected chi connectivity index (χ3v) is 1.93. The first kappa shape index (κ1) is 9.26. The second-order valence-corrected chi connectivity index (χ2v) is 3.03. The van der Waals surface area contributed by atoms with Crippen molar-refractivity contribution in [1.82, 2.24) is 14.9 Å². The topological polar surface area (TPSA) is 29.9 Å². The van der Waals surface area contributed by atoms with Crippen LogP contribution in [0.4, 0.5) is 0 Å². The molecule has 0 bridgehead atoms. The van der Waals surface area contributed by atoms with Crippen molar-refractivity contribution in [3.63, 3.8) is 0 Å². The van der Waals surface area contributed by atoms with Crippen molar-refractivity contribution in [1.29, 1.82) is 0 Å². The molecule has 68 valence electrons. The summed E-state index contributed by atoms with van der Waals surface area (Å²) < 4.78 is 2.04. The Labute approximate surface area is 73.8 Å². The van der Waals surface area contributed by atoms with E-state index in [9.17, 15) is 0 Å². The minimum atomic E-state index is 0.927. The first-order valence-corrected chi connectivity index (χ1v) is 4.50. The maximum absolute atomic E-state index is 4.04. The molecule has 0 fully saturated rings. The number of hydrogen-bond acceptors (Lipinski definition) is 2. The fourth-order valence-electron chi connectivity index (χ4n) is 1.07. The van der Waals surface area contributed by atoms with Crippen LogP contribution in [-0.4, -0.2) is 16.1 Å². The highest BCUT2D eigenvalue weighted by molar-refractivity contribution is 4.96. The molecular weight excluding hydrogens is 150 g/mol. The van der Waals surface area contributed by atoms with E-state index in [1.807, 2.05) is 24.1 Å². The van der Waals surface area contributed by atoms with E-state index in [0.29, 0.717) is 0 Å². The monoisotopic (exact) mass is 167 g/mol. The fourth-order valence-corrected chi connectivity index (χ4v) is 1.07. The second kappa shape index (κ2) is 4.93. The molecule has 0 atom stereocenters. The van der Waals surface area contributed by atoms with Crippen molar-refractivity contribution >= 4 is 0 Å². The molecule has 0 amide bonds. The zero-order valence-corrected chi connectivity index (χ0v) is 7.88. The smallest absolute Gasteiger partial charge is 0.0945 e. The van der Waals surface area contributed by atoms with Crippen molar-refractivity contribution in [2.24, 2.45) is 7.05 Å². The number of unbranched alkanes of at least 4 members (excludes halogenated alkanes) is 1. The van der Waals surface area contributed by atoms with Gasteiger partial charge in [0.2, 0.25) is 0 Å². The maximum Gasteiger partial charge on any atom is 0.0945 e. The van der Waals surface area contributed by atoms with Crippen LogP contribution in [0.5, 0.6) is 0 Å². The molecule has 0 spiro atoms. The van der Waals surface area contributed by atoms with Gasteiger partial charge in [0.1, 0.15) is 0 Å². The number of hydrogen-bond donors (Lipinski definition) is 1. The van der Waals surface area contributed by atoms with Crippen LogP contribution in [0.2, 0.25) is 0 Å². The summed E-state index contributed by atoms with van der Waals surface area (Å²) in [5.41, 5.74) is 1.24. The summed E-state index contributed by atoms with van der Waals surface area (Å²) in [6.45, 7) is 4.23. The summed E-state index contributed by atoms with van der Waals surface area (Å²) >= 11 is 0. The lowest BCUT2D eigenvalue weighted by atomic mass is 10.3. The number of nitrogens with zero attached hydrogens (tertiary/aromatic N) is 2. The van der Waals surface area contributed by atoms with Crippen LogP contribution < -0.4 is 5.32 Å². The zero-order valence-electron chi connectivity index (χ0n) is 7.88. The van der Waals surface area contributed by atoms with E-state index in [2.05, 4.69) is 17.2 Å². The normalized spacial score (nSPS) is 10.5. The molecule has 0 saturated heterocycles. The van der Waals surface area contributed by atoms with Crippen molar-refractivity contribution < 1.29 is 0 Å². The zero-order chi connectivity index (χ0) is 8.81. The number of aromatic nitrogens is 2. The minimum Gasteiger partial charge on any atom is -0.337 e. The van der Waals surface area contributed by atoms with Gasteiger partial charge in [-0.25, -0.2) is 4.98 Å². The molecule has 1 rings (SSSR count). The lowest BCUT2D eigenvalue weighted by Gasteiger charge is -2.03. The first-order valence-electron chi connectivity index (χ1n) is 4.50. The summed E-state index contributed by atoms with van der Waals surface area (Å²) in [6, 6.07) is 0. The standard InChI is InChI=1S/C9H17N3/c1-3-4-5-10-6-9-7-11-8-12(9)2/h7-8,10H,3-6H2,1-2H3. The lowest BCUT2D eigenvalue weighted by Crippen LogP contribution is -2.16. The Bertz CT molecular complexity index is 217. The van der Waals surface area contributed by atoms with Crippen molar-refractivity contribution in [2.45, 2.75) is 26.3 Å². The van der Waals surface area contributed by atoms with E-state index in [0.717, 1.165) is 13.1 Å². The molecule has 1 heterocycles. The van der Waals surface area contributed by atoms with Crippen LogP contribution in [0.3, 0.4) is 0 Å². The van der Waals surface area contributed by atoms with E-state index in [1.54, 1.807) is 0 Å². The Balaban J connectivity index is 2.20. The van der Waals surface area contributed by atoms with Crippen LogP contribution in [-0.2, 0) is 13.6 Å². The SMILES string of the molecule is CCCCNCc1cncn1C. The number of aryl methyl sites for hydroxylation is 1. The van der Waals surface area contributed by atoms with E-state index >= 15 is 0 Å². The van der Waals surface area contributed by atoms with Gasteiger partial charge in [0.05, 0.1) is 12.0 Å². The second-order valence-electron chi connectivity index (χ2n) is 3.03. The van der Waals surface area contributed by atoms with Crippen molar-refractivity contribution in [3.05, 3.63) is 18.2 Å². The van der Waals surface area contributed by atoms with E-state index in [4.69, 9.17) is 0 Å². The van der Waals surface area contributed by atoms with Crippen LogP contribution >= 0.6 is 0 Å². The molecule has 3 nitrogen and oxygen atoms in total. The van der Waals surface area contributed by atoms with Gasteiger partial charge in [-0.15, -0.1) is 0 Å². The van der Waals surface area contributed by atoms with Gasteiger partial charge in [-0.1, -0.05) is 13.3 Å². The molecule has 1 N–H and O–H groups in total. The van der Waals surface area contributed by atoms with E-state index < -0.39 is 0 Å². The molecule has 0 aliphatic carbocycles. The molecule has 1 aromatic heterocycles. The van der Waals surface area contributed by atoms with E-state index in [-0.39, 0.29) is 0 Å².